The van der Waals surface area contributed by atoms with Gasteiger partial charge in [0.2, 0.25) is 0 Å². The second-order valence-corrected chi connectivity index (χ2v) is 4.27. The van der Waals surface area contributed by atoms with E-state index in [1.807, 2.05) is 0 Å². The molecule has 0 spiro atoms. The Kier molecular flexibility index (Phi) is 8.71. The van der Waals surface area contributed by atoms with E-state index in [1.165, 1.54) is 19.3 Å². The Hall–Kier alpha value is -0.160. The van der Waals surface area contributed by atoms with Gasteiger partial charge >= 0.3 is 0 Å². The first-order chi connectivity index (χ1) is 7.93. The summed E-state index contributed by atoms with van der Waals surface area (Å²) in [6, 6.07) is 0. The Morgan fingerprint density at radius 2 is 1.88 bits per heavy atom. The van der Waals surface area contributed by atoms with E-state index in [4.69, 9.17) is 15.2 Å². The summed E-state index contributed by atoms with van der Waals surface area (Å²) in [4.78, 5) is 0. The third-order valence-electron chi connectivity index (χ3n) is 2.78. The average molecular weight is 230 g/mol. The molecule has 1 aliphatic rings. The van der Waals surface area contributed by atoms with E-state index in [9.17, 15) is 0 Å². The minimum atomic E-state index is 0.340. The third kappa shape index (κ3) is 7.17. The number of hydrogen-bond acceptors (Lipinski definition) is 4. The lowest BCUT2D eigenvalue weighted by Gasteiger charge is -2.27. The van der Waals surface area contributed by atoms with Crippen LogP contribution in [0, 0.1) is 0 Å². The molecule has 1 unspecified atom stereocenters. The van der Waals surface area contributed by atoms with Gasteiger partial charge in [-0.2, -0.15) is 0 Å². The first-order valence-corrected chi connectivity index (χ1v) is 6.56. The molecule has 1 saturated heterocycles. The molecule has 3 N–H and O–H groups in total. The second kappa shape index (κ2) is 10.0. The minimum absolute atomic E-state index is 0.340. The fourth-order valence-electron chi connectivity index (χ4n) is 1.62. The molecule has 1 fully saturated rings. The predicted molar refractivity (Wildman–Crippen MR) is 65.3 cm³/mol. The molecule has 0 amide bonds. The van der Waals surface area contributed by atoms with Gasteiger partial charge in [0.25, 0.3) is 0 Å². The lowest BCUT2D eigenvalue weighted by atomic mass is 10.2. The van der Waals surface area contributed by atoms with Crippen molar-refractivity contribution in [2.45, 2.75) is 44.8 Å². The van der Waals surface area contributed by atoms with E-state index in [0.29, 0.717) is 6.23 Å². The Morgan fingerprint density at radius 1 is 1.12 bits per heavy atom. The van der Waals surface area contributed by atoms with Crippen molar-refractivity contribution in [2.75, 3.05) is 32.9 Å². The number of ether oxygens (including phenoxy) is 2. The number of unbranched alkanes of at least 4 members (excludes halogenated alkanes) is 3. The molecule has 16 heavy (non-hydrogen) atoms. The highest BCUT2D eigenvalue weighted by Gasteiger charge is 2.15. The lowest BCUT2D eigenvalue weighted by Crippen LogP contribution is -2.41. The first kappa shape index (κ1) is 13.9. The maximum atomic E-state index is 5.50. The Labute approximate surface area is 98.9 Å². The maximum Gasteiger partial charge on any atom is 0.110 e. The largest absolute Gasteiger partial charge is 0.381 e. The van der Waals surface area contributed by atoms with Crippen LogP contribution in [-0.4, -0.2) is 39.1 Å². The topological polar surface area (TPSA) is 56.5 Å². The SMILES string of the molecule is NCCCCOCCCCCNC1CCO1. The van der Waals surface area contributed by atoms with Crippen molar-refractivity contribution in [1.29, 1.82) is 0 Å². The molecule has 4 heteroatoms. The van der Waals surface area contributed by atoms with Gasteiger partial charge < -0.3 is 15.2 Å². The fraction of sp³-hybridized carbons (Fsp3) is 1.00. The molecule has 1 atom stereocenters. The van der Waals surface area contributed by atoms with Gasteiger partial charge in [0.15, 0.2) is 0 Å². The average Bonchev–Trinajstić information content (AvgIpc) is 2.23. The van der Waals surface area contributed by atoms with Crippen LogP contribution in [0.1, 0.15) is 38.5 Å². The van der Waals surface area contributed by atoms with Crippen molar-refractivity contribution < 1.29 is 9.47 Å². The summed E-state index contributed by atoms with van der Waals surface area (Å²) in [5.41, 5.74) is 5.39. The molecule has 0 aromatic heterocycles. The Bertz CT molecular complexity index is 152. The van der Waals surface area contributed by atoms with E-state index in [1.54, 1.807) is 0 Å². The zero-order chi connectivity index (χ0) is 11.5. The first-order valence-electron chi connectivity index (χ1n) is 6.56. The van der Waals surface area contributed by atoms with Gasteiger partial charge in [0, 0.05) is 19.6 Å². The van der Waals surface area contributed by atoms with Gasteiger partial charge in [-0.3, -0.25) is 5.32 Å². The van der Waals surface area contributed by atoms with Crippen LogP contribution in [0.2, 0.25) is 0 Å². The molecular weight excluding hydrogens is 204 g/mol. The van der Waals surface area contributed by atoms with E-state index in [0.717, 1.165) is 52.2 Å². The fourth-order valence-corrected chi connectivity index (χ4v) is 1.62. The normalized spacial score (nSPS) is 19.7. The van der Waals surface area contributed by atoms with Crippen molar-refractivity contribution >= 4 is 0 Å². The molecule has 0 aliphatic carbocycles. The van der Waals surface area contributed by atoms with Crippen LogP contribution in [0.3, 0.4) is 0 Å². The molecule has 0 bridgehead atoms. The molecule has 4 nitrogen and oxygen atoms in total. The smallest absolute Gasteiger partial charge is 0.110 e. The number of rotatable bonds is 11. The molecule has 0 aromatic rings. The van der Waals surface area contributed by atoms with Crippen LogP contribution in [-0.2, 0) is 9.47 Å². The van der Waals surface area contributed by atoms with Crippen LogP contribution in [0.15, 0.2) is 0 Å². The summed E-state index contributed by atoms with van der Waals surface area (Å²) in [5, 5.41) is 3.36. The lowest BCUT2D eigenvalue weighted by molar-refractivity contribution is -0.0704. The van der Waals surface area contributed by atoms with E-state index in [-0.39, 0.29) is 0 Å². The summed E-state index contributed by atoms with van der Waals surface area (Å²) in [6.07, 6.45) is 7.29. The van der Waals surface area contributed by atoms with Gasteiger partial charge in [0.1, 0.15) is 6.23 Å². The predicted octanol–water partition coefficient (Wildman–Crippen LogP) is 1.25. The molecule has 0 radical (unpaired) electrons. The molecule has 1 rings (SSSR count). The van der Waals surface area contributed by atoms with Gasteiger partial charge in [-0.05, 0) is 45.2 Å². The Morgan fingerprint density at radius 3 is 2.50 bits per heavy atom. The van der Waals surface area contributed by atoms with Crippen molar-refractivity contribution in [3.05, 3.63) is 0 Å². The summed E-state index contributed by atoms with van der Waals surface area (Å²) in [5.74, 6) is 0. The monoisotopic (exact) mass is 230 g/mol. The number of nitrogens with two attached hydrogens (primary N) is 1. The highest BCUT2D eigenvalue weighted by molar-refractivity contribution is 4.63. The van der Waals surface area contributed by atoms with Gasteiger partial charge in [-0.25, -0.2) is 0 Å². The molecular formula is C12H26N2O2. The highest BCUT2D eigenvalue weighted by atomic mass is 16.5. The van der Waals surface area contributed by atoms with Crippen LogP contribution < -0.4 is 11.1 Å². The van der Waals surface area contributed by atoms with E-state index >= 15 is 0 Å². The molecule has 1 heterocycles. The van der Waals surface area contributed by atoms with Crippen molar-refractivity contribution in [3.63, 3.8) is 0 Å². The van der Waals surface area contributed by atoms with Gasteiger partial charge in [-0.15, -0.1) is 0 Å². The Balaban J connectivity index is 1.65. The molecule has 1 aliphatic heterocycles. The van der Waals surface area contributed by atoms with E-state index in [2.05, 4.69) is 5.32 Å². The highest BCUT2D eigenvalue weighted by Crippen LogP contribution is 2.07. The summed E-state index contributed by atoms with van der Waals surface area (Å²) < 4.78 is 10.8. The maximum absolute atomic E-state index is 5.50. The van der Waals surface area contributed by atoms with Crippen LogP contribution >= 0.6 is 0 Å². The van der Waals surface area contributed by atoms with Crippen molar-refractivity contribution in [3.8, 4) is 0 Å². The van der Waals surface area contributed by atoms with Crippen molar-refractivity contribution in [1.82, 2.24) is 5.32 Å². The minimum Gasteiger partial charge on any atom is -0.381 e. The van der Waals surface area contributed by atoms with Crippen LogP contribution in [0.4, 0.5) is 0 Å². The van der Waals surface area contributed by atoms with Gasteiger partial charge in [-0.1, -0.05) is 0 Å². The standard InChI is InChI=1S/C12H26N2O2/c13-7-2-5-10-15-9-4-1-3-8-14-12-6-11-16-12/h12,14H,1-11,13H2. The molecule has 96 valence electrons. The van der Waals surface area contributed by atoms with Crippen LogP contribution in [0.5, 0.6) is 0 Å². The zero-order valence-electron chi connectivity index (χ0n) is 10.2. The van der Waals surface area contributed by atoms with E-state index < -0.39 is 0 Å². The number of nitrogens with one attached hydrogen (secondary N) is 1. The summed E-state index contributed by atoms with van der Waals surface area (Å²) in [6.45, 7) is 4.53. The third-order valence-corrected chi connectivity index (χ3v) is 2.78. The quantitative estimate of drug-likeness (QED) is 0.524. The molecule has 0 aromatic carbocycles. The second-order valence-electron chi connectivity index (χ2n) is 4.27. The van der Waals surface area contributed by atoms with Crippen molar-refractivity contribution in [2.24, 2.45) is 5.73 Å². The number of hydrogen-bond donors (Lipinski definition) is 2. The summed E-state index contributed by atoms with van der Waals surface area (Å²) in [7, 11) is 0. The van der Waals surface area contributed by atoms with Crippen LogP contribution in [0.25, 0.3) is 0 Å². The molecule has 0 saturated carbocycles. The zero-order valence-corrected chi connectivity index (χ0v) is 10.2. The summed E-state index contributed by atoms with van der Waals surface area (Å²) >= 11 is 0. The van der Waals surface area contributed by atoms with Gasteiger partial charge in [0.05, 0.1) is 6.61 Å².